The standard InChI is InChI=1S/C29H30F5NO2/c1-4-37-28(36)14-20-12-22(21-7-9-23(10-8-21)29(32,33)34)15-26(13-20)35(11-5-6-19(2)3)27-17-24(30)16-25(31)18-27/h7-10,12-13,15-19H,4-6,11,14H2,1-3H3. The second-order valence-electron chi connectivity index (χ2n) is 9.26. The molecule has 0 aliphatic heterocycles. The van der Waals surface area contributed by atoms with Crippen LogP contribution in [0.2, 0.25) is 0 Å². The van der Waals surface area contributed by atoms with Crippen molar-refractivity contribution in [2.75, 3.05) is 18.1 Å². The number of anilines is 2. The fourth-order valence-corrected chi connectivity index (χ4v) is 4.09. The molecule has 37 heavy (non-hydrogen) atoms. The lowest BCUT2D eigenvalue weighted by Gasteiger charge is -2.27. The first-order valence-electron chi connectivity index (χ1n) is 12.2. The van der Waals surface area contributed by atoms with Gasteiger partial charge in [-0.3, -0.25) is 4.79 Å². The minimum absolute atomic E-state index is 0.0628. The van der Waals surface area contributed by atoms with Gasteiger partial charge in [0.25, 0.3) is 0 Å². The molecular weight excluding hydrogens is 489 g/mol. The first kappa shape index (κ1) is 28.2. The summed E-state index contributed by atoms with van der Waals surface area (Å²) in [5, 5.41) is 0. The van der Waals surface area contributed by atoms with Gasteiger partial charge in [-0.25, -0.2) is 8.78 Å². The van der Waals surface area contributed by atoms with Crippen LogP contribution in [0.15, 0.2) is 60.7 Å². The normalized spacial score (nSPS) is 11.6. The molecule has 0 fully saturated rings. The largest absolute Gasteiger partial charge is 0.466 e. The van der Waals surface area contributed by atoms with Crippen LogP contribution in [0.3, 0.4) is 0 Å². The van der Waals surface area contributed by atoms with E-state index in [4.69, 9.17) is 4.74 Å². The molecule has 3 rings (SSSR count). The Bertz CT molecular complexity index is 1190. The zero-order chi connectivity index (χ0) is 27.2. The van der Waals surface area contributed by atoms with Gasteiger partial charge in [0.2, 0.25) is 0 Å². The van der Waals surface area contributed by atoms with Crippen LogP contribution in [0.5, 0.6) is 0 Å². The van der Waals surface area contributed by atoms with Crippen molar-refractivity contribution in [1.82, 2.24) is 0 Å². The molecule has 3 aromatic carbocycles. The monoisotopic (exact) mass is 519 g/mol. The average molecular weight is 520 g/mol. The molecule has 8 heteroatoms. The average Bonchev–Trinajstić information content (AvgIpc) is 2.80. The maximum Gasteiger partial charge on any atom is 0.416 e. The number of carbonyl (C=O) groups excluding carboxylic acids is 1. The molecule has 0 unspecified atom stereocenters. The van der Waals surface area contributed by atoms with Gasteiger partial charge in [-0.2, -0.15) is 13.2 Å². The number of benzene rings is 3. The van der Waals surface area contributed by atoms with Gasteiger partial charge in [0.05, 0.1) is 18.6 Å². The second kappa shape index (κ2) is 12.2. The summed E-state index contributed by atoms with van der Waals surface area (Å²) < 4.78 is 72.6. The Morgan fingerprint density at radius 3 is 2.08 bits per heavy atom. The summed E-state index contributed by atoms with van der Waals surface area (Å²) in [6.45, 7) is 6.49. The maximum atomic E-state index is 14.1. The summed E-state index contributed by atoms with van der Waals surface area (Å²) in [7, 11) is 0. The number of alkyl halides is 3. The van der Waals surface area contributed by atoms with Crippen molar-refractivity contribution >= 4 is 17.3 Å². The van der Waals surface area contributed by atoms with Crippen molar-refractivity contribution in [3.05, 3.63) is 83.4 Å². The summed E-state index contributed by atoms with van der Waals surface area (Å²) >= 11 is 0. The molecule has 0 heterocycles. The molecule has 0 bridgehead atoms. The van der Waals surface area contributed by atoms with E-state index in [9.17, 15) is 26.7 Å². The first-order chi connectivity index (χ1) is 17.5. The van der Waals surface area contributed by atoms with Crippen LogP contribution in [0.25, 0.3) is 11.1 Å². The highest BCUT2D eigenvalue weighted by Gasteiger charge is 2.30. The Balaban J connectivity index is 2.11. The van der Waals surface area contributed by atoms with Crippen molar-refractivity contribution < 1.29 is 31.5 Å². The number of halogens is 5. The number of ether oxygens (including phenoxy) is 1. The van der Waals surface area contributed by atoms with E-state index in [2.05, 4.69) is 13.8 Å². The van der Waals surface area contributed by atoms with E-state index in [1.165, 1.54) is 24.3 Å². The topological polar surface area (TPSA) is 29.5 Å². The fraction of sp³-hybridized carbons (Fsp3) is 0.345. The van der Waals surface area contributed by atoms with E-state index in [0.717, 1.165) is 31.0 Å². The molecule has 0 atom stereocenters. The van der Waals surface area contributed by atoms with Gasteiger partial charge >= 0.3 is 12.1 Å². The van der Waals surface area contributed by atoms with Crippen LogP contribution in [0.4, 0.5) is 33.3 Å². The lowest BCUT2D eigenvalue weighted by Crippen LogP contribution is -2.20. The van der Waals surface area contributed by atoms with Gasteiger partial charge in [-0.15, -0.1) is 0 Å². The fourth-order valence-electron chi connectivity index (χ4n) is 4.09. The summed E-state index contributed by atoms with van der Waals surface area (Å²) in [5.41, 5.74) is 1.73. The Kier molecular flexibility index (Phi) is 9.29. The Morgan fingerprint density at radius 1 is 0.892 bits per heavy atom. The summed E-state index contributed by atoms with van der Waals surface area (Å²) in [4.78, 5) is 14.0. The molecule has 0 amide bonds. The summed E-state index contributed by atoms with van der Waals surface area (Å²) in [5.74, 6) is -1.49. The number of carbonyl (C=O) groups is 1. The van der Waals surface area contributed by atoms with Gasteiger partial charge in [0.15, 0.2) is 0 Å². The van der Waals surface area contributed by atoms with E-state index in [1.807, 2.05) is 0 Å². The lowest BCUT2D eigenvalue weighted by atomic mass is 9.98. The molecule has 0 N–H and O–H groups in total. The van der Waals surface area contributed by atoms with Crippen molar-refractivity contribution in [2.24, 2.45) is 5.92 Å². The minimum atomic E-state index is -4.47. The number of esters is 1. The third kappa shape index (κ3) is 8.03. The van der Waals surface area contributed by atoms with Crippen molar-refractivity contribution in [1.29, 1.82) is 0 Å². The number of hydrogen-bond acceptors (Lipinski definition) is 3. The van der Waals surface area contributed by atoms with Gasteiger partial charge in [0.1, 0.15) is 11.6 Å². The SMILES string of the molecule is CCOC(=O)Cc1cc(-c2ccc(C(F)(F)F)cc2)cc(N(CCCC(C)C)c2cc(F)cc(F)c2)c1. The van der Waals surface area contributed by atoms with E-state index >= 15 is 0 Å². The highest BCUT2D eigenvalue weighted by molar-refractivity contribution is 5.78. The van der Waals surface area contributed by atoms with Crippen LogP contribution in [-0.2, 0) is 22.1 Å². The Hall–Kier alpha value is -3.42. The Labute approximate surface area is 213 Å². The van der Waals surface area contributed by atoms with Crippen LogP contribution < -0.4 is 4.90 Å². The molecule has 198 valence electrons. The number of nitrogens with zero attached hydrogens (tertiary/aromatic N) is 1. The molecule has 0 aliphatic carbocycles. The molecule has 0 saturated heterocycles. The molecule has 0 radical (unpaired) electrons. The van der Waals surface area contributed by atoms with Crippen molar-refractivity contribution in [2.45, 2.75) is 46.2 Å². The third-order valence-electron chi connectivity index (χ3n) is 5.81. The van der Waals surface area contributed by atoms with Crippen LogP contribution in [0, 0.1) is 17.6 Å². The number of hydrogen-bond donors (Lipinski definition) is 0. The van der Waals surface area contributed by atoms with E-state index in [-0.39, 0.29) is 13.0 Å². The molecule has 0 saturated carbocycles. The molecule has 3 nitrogen and oxygen atoms in total. The quantitative estimate of drug-likeness (QED) is 0.199. The highest BCUT2D eigenvalue weighted by atomic mass is 19.4. The van der Waals surface area contributed by atoms with Gasteiger partial charge < -0.3 is 9.64 Å². The minimum Gasteiger partial charge on any atom is -0.466 e. The molecule has 0 aromatic heterocycles. The smallest absolute Gasteiger partial charge is 0.416 e. The summed E-state index contributed by atoms with van der Waals surface area (Å²) in [6.07, 6.45) is -2.92. The summed E-state index contributed by atoms with van der Waals surface area (Å²) in [6, 6.07) is 13.2. The van der Waals surface area contributed by atoms with Crippen LogP contribution >= 0.6 is 0 Å². The lowest BCUT2D eigenvalue weighted by molar-refractivity contribution is -0.142. The van der Waals surface area contributed by atoms with E-state index < -0.39 is 29.3 Å². The van der Waals surface area contributed by atoms with Gasteiger partial charge in [-0.1, -0.05) is 32.0 Å². The van der Waals surface area contributed by atoms with E-state index in [0.29, 0.717) is 40.5 Å². The van der Waals surface area contributed by atoms with Gasteiger partial charge in [-0.05, 0) is 78.8 Å². The highest BCUT2D eigenvalue weighted by Crippen LogP contribution is 2.35. The third-order valence-corrected chi connectivity index (χ3v) is 5.81. The van der Waals surface area contributed by atoms with Crippen LogP contribution in [-0.4, -0.2) is 19.1 Å². The maximum absolute atomic E-state index is 14.1. The first-order valence-corrected chi connectivity index (χ1v) is 12.2. The molecule has 3 aromatic rings. The molecular formula is C29H30F5NO2. The van der Waals surface area contributed by atoms with Crippen LogP contribution in [0.1, 0.15) is 44.7 Å². The van der Waals surface area contributed by atoms with E-state index in [1.54, 1.807) is 30.0 Å². The zero-order valence-corrected chi connectivity index (χ0v) is 21.0. The second-order valence-corrected chi connectivity index (χ2v) is 9.26. The predicted molar refractivity (Wildman–Crippen MR) is 135 cm³/mol. The van der Waals surface area contributed by atoms with Crippen molar-refractivity contribution in [3.8, 4) is 11.1 Å². The molecule has 0 spiro atoms. The molecule has 0 aliphatic rings. The number of rotatable bonds is 10. The zero-order valence-electron chi connectivity index (χ0n) is 21.0. The Morgan fingerprint density at radius 2 is 1.51 bits per heavy atom. The van der Waals surface area contributed by atoms with Gasteiger partial charge in [0, 0.05) is 24.0 Å². The predicted octanol–water partition coefficient (Wildman–Crippen LogP) is 8.33. The van der Waals surface area contributed by atoms with Crippen molar-refractivity contribution in [3.63, 3.8) is 0 Å².